The van der Waals surface area contributed by atoms with Gasteiger partial charge in [-0.25, -0.2) is 4.98 Å². The molecule has 0 spiro atoms. The highest BCUT2D eigenvalue weighted by Crippen LogP contribution is 2.34. The molecule has 1 aromatic heterocycles. The van der Waals surface area contributed by atoms with E-state index in [-0.39, 0.29) is 6.04 Å². The van der Waals surface area contributed by atoms with E-state index >= 15 is 0 Å². The van der Waals surface area contributed by atoms with E-state index in [0.29, 0.717) is 6.04 Å². The second kappa shape index (κ2) is 5.90. The number of hydrogen-bond acceptors (Lipinski definition) is 4. The molecule has 2 aromatic rings. The number of ether oxygens (including phenoxy) is 1. The lowest BCUT2D eigenvalue weighted by molar-refractivity contribution is 0.411. The van der Waals surface area contributed by atoms with Crippen molar-refractivity contribution in [3.63, 3.8) is 0 Å². The maximum atomic E-state index is 6.20. The molecule has 0 amide bonds. The summed E-state index contributed by atoms with van der Waals surface area (Å²) in [6, 6.07) is 8.66. The molecule has 0 radical (unpaired) electrons. The van der Waals surface area contributed by atoms with Gasteiger partial charge in [-0.3, -0.25) is 0 Å². The van der Waals surface area contributed by atoms with Gasteiger partial charge in [0, 0.05) is 35.6 Å². The molecule has 0 aliphatic carbocycles. The predicted octanol–water partition coefficient (Wildman–Crippen LogP) is 2.95. The van der Waals surface area contributed by atoms with Crippen LogP contribution in [0.5, 0.6) is 5.75 Å². The fourth-order valence-electron chi connectivity index (χ4n) is 3.34. The SMILES string of the molecule is COc1cccc2c(N3CCCCC3C(C)N)nccc12. The number of fused-ring (bicyclic) bond motifs is 1. The van der Waals surface area contributed by atoms with Gasteiger partial charge in [-0.05, 0) is 38.3 Å². The molecule has 0 saturated carbocycles. The van der Waals surface area contributed by atoms with Crippen LogP contribution < -0.4 is 15.4 Å². The Morgan fingerprint density at radius 1 is 1.29 bits per heavy atom. The number of pyridine rings is 1. The third kappa shape index (κ3) is 2.56. The normalized spacial score (nSPS) is 20.5. The van der Waals surface area contributed by atoms with Crippen molar-refractivity contribution in [2.75, 3.05) is 18.6 Å². The van der Waals surface area contributed by atoms with Gasteiger partial charge in [0.1, 0.15) is 11.6 Å². The van der Waals surface area contributed by atoms with Gasteiger partial charge in [0.15, 0.2) is 0 Å². The van der Waals surface area contributed by atoms with Crippen molar-refractivity contribution >= 4 is 16.6 Å². The lowest BCUT2D eigenvalue weighted by Gasteiger charge is -2.39. The molecule has 1 saturated heterocycles. The van der Waals surface area contributed by atoms with Crippen LogP contribution in [-0.4, -0.2) is 30.7 Å². The second-order valence-corrected chi connectivity index (χ2v) is 5.81. The van der Waals surface area contributed by atoms with Crippen molar-refractivity contribution in [3.8, 4) is 5.75 Å². The smallest absolute Gasteiger partial charge is 0.136 e. The van der Waals surface area contributed by atoms with E-state index in [2.05, 4.69) is 22.9 Å². The number of nitrogens with two attached hydrogens (primary N) is 1. The van der Waals surface area contributed by atoms with Crippen LogP contribution in [-0.2, 0) is 0 Å². The summed E-state index contributed by atoms with van der Waals surface area (Å²) in [6.07, 6.45) is 5.45. The Kier molecular flexibility index (Phi) is 3.97. The Morgan fingerprint density at radius 3 is 2.90 bits per heavy atom. The number of piperidine rings is 1. The fraction of sp³-hybridized carbons (Fsp3) is 0.471. The van der Waals surface area contributed by atoms with E-state index in [9.17, 15) is 0 Å². The lowest BCUT2D eigenvalue weighted by atomic mass is 9.96. The Balaban J connectivity index is 2.11. The monoisotopic (exact) mass is 285 g/mol. The van der Waals surface area contributed by atoms with Gasteiger partial charge in [0.05, 0.1) is 7.11 Å². The van der Waals surface area contributed by atoms with Crippen molar-refractivity contribution < 1.29 is 4.74 Å². The summed E-state index contributed by atoms with van der Waals surface area (Å²) >= 11 is 0. The van der Waals surface area contributed by atoms with Gasteiger partial charge in [0.25, 0.3) is 0 Å². The molecule has 0 bridgehead atoms. The summed E-state index contributed by atoms with van der Waals surface area (Å²) in [7, 11) is 1.71. The molecule has 2 heterocycles. The quantitative estimate of drug-likeness (QED) is 0.942. The summed E-state index contributed by atoms with van der Waals surface area (Å²) in [5.41, 5.74) is 6.20. The number of methoxy groups -OCH3 is 1. The Bertz CT molecular complexity index is 626. The zero-order chi connectivity index (χ0) is 14.8. The Hall–Kier alpha value is -1.81. The number of hydrogen-bond donors (Lipinski definition) is 1. The van der Waals surface area contributed by atoms with Crippen LogP contribution in [0.25, 0.3) is 10.8 Å². The maximum Gasteiger partial charge on any atom is 0.136 e. The minimum atomic E-state index is 0.146. The fourth-order valence-corrected chi connectivity index (χ4v) is 3.34. The van der Waals surface area contributed by atoms with E-state index in [0.717, 1.165) is 35.3 Å². The van der Waals surface area contributed by atoms with Gasteiger partial charge in [-0.15, -0.1) is 0 Å². The molecule has 4 nitrogen and oxygen atoms in total. The van der Waals surface area contributed by atoms with Crippen LogP contribution >= 0.6 is 0 Å². The van der Waals surface area contributed by atoms with Crippen molar-refractivity contribution in [1.82, 2.24) is 4.98 Å². The van der Waals surface area contributed by atoms with Crippen molar-refractivity contribution in [3.05, 3.63) is 30.5 Å². The minimum absolute atomic E-state index is 0.146. The van der Waals surface area contributed by atoms with Crippen LogP contribution in [0.2, 0.25) is 0 Å². The molecular weight excluding hydrogens is 262 g/mol. The van der Waals surface area contributed by atoms with E-state index in [1.165, 1.54) is 12.8 Å². The van der Waals surface area contributed by atoms with Gasteiger partial charge >= 0.3 is 0 Å². The number of nitrogens with zero attached hydrogens (tertiary/aromatic N) is 2. The van der Waals surface area contributed by atoms with Gasteiger partial charge < -0.3 is 15.4 Å². The first kappa shape index (κ1) is 14.1. The third-order valence-electron chi connectivity index (χ3n) is 4.39. The molecule has 1 aliphatic heterocycles. The second-order valence-electron chi connectivity index (χ2n) is 5.81. The zero-order valence-corrected chi connectivity index (χ0v) is 12.7. The van der Waals surface area contributed by atoms with E-state index in [4.69, 9.17) is 10.5 Å². The molecule has 1 fully saturated rings. The number of benzene rings is 1. The molecule has 2 atom stereocenters. The van der Waals surface area contributed by atoms with Crippen LogP contribution in [0.15, 0.2) is 30.5 Å². The molecule has 21 heavy (non-hydrogen) atoms. The van der Waals surface area contributed by atoms with Gasteiger partial charge in [0.2, 0.25) is 0 Å². The molecule has 112 valence electrons. The van der Waals surface area contributed by atoms with E-state index in [1.807, 2.05) is 24.4 Å². The first-order chi connectivity index (χ1) is 10.2. The van der Waals surface area contributed by atoms with Gasteiger partial charge in [-0.1, -0.05) is 12.1 Å². The molecule has 3 rings (SSSR count). The van der Waals surface area contributed by atoms with E-state index in [1.54, 1.807) is 7.11 Å². The van der Waals surface area contributed by atoms with Crippen LogP contribution in [0, 0.1) is 0 Å². The molecule has 4 heteroatoms. The lowest BCUT2D eigenvalue weighted by Crippen LogP contribution is -2.49. The average Bonchev–Trinajstić information content (AvgIpc) is 2.53. The molecule has 2 N–H and O–H groups in total. The van der Waals surface area contributed by atoms with Crippen LogP contribution in [0.1, 0.15) is 26.2 Å². The summed E-state index contributed by atoms with van der Waals surface area (Å²) in [5, 5.41) is 2.25. The van der Waals surface area contributed by atoms with Crippen molar-refractivity contribution in [2.45, 2.75) is 38.3 Å². The topological polar surface area (TPSA) is 51.4 Å². The Morgan fingerprint density at radius 2 is 2.14 bits per heavy atom. The van der Waals surface area contributed by atoms with Crippen molar-refractivity contribution in [2.24, 2.45) is 5.73 Å². The summed E-state index contributed by atoms with van der Waals surface area (Å²) < 4.78 is 5.47. The zero-order valence-electron chi connectivity index (χ0n) is 12.7. The molecular formula is C17H23N3O. The molecule has 2 unspecified atom stereocenters. The molecule has 1 aliphatic rings. The largest absolute Gasteiger partial charge is 0.496 e. The average molecular weight is 285 g/mol. The Labute approximate surface area is 125 Å². The van der Waals surface area contributed by atoms with Crippen LogP contribution in [0.3, 0.4) is 0 Å². The first-order valence-electron chi connectivity index (χ1n) is 7.66. The summed E-state index contributed by atoms with van der Waals surface area (Å²) in [4.78, 5) is 7.04. The highest BCUT2D eigenvalue weighted by Gasteiger charge is 2.27. The first-order valence-corrected chi connectivity index (χ1v) is 7.66. The predicted molar refractivity (Wildman–Crippen MR) is 86.9 cm³/mol. The van der Waals surface area contributed by atoms with Gasteiger partial charge in [-0.2, -0.15) is 0 Å². The number of rotatable bonds is 3. The molecule has 1 aromatic carbocycles. The minimum Gasteiger partial charge on any atom is -0.496 e. The number of anilines is 1. The number of aromatic nitrogens is 1. The maximum absolute atomic E-state index is 6.20. The summed E-state index contributed by atoms with van der Waals surface area (Å²) in [5.74, 6) is 1.93. The highest BCUT2D eigenvalue weighted by atomic mass is 16.5. The standard InChI is InChI=1S/C17H23N3O/c1-12(18)15-7-3-4-11-20(15)17-14-6-5-8-16(21-2)13(14)9-10-19-17/h5-6,8-10,12,15H,3-4,7,11,18H2,1-2H3. The van der Waals surface area contributed by atoms with Crippen LogP contribution in [0.4, 0.5) is 5.82 Å². The highest BCUT2D eigenvalue weighted by molar-refractivity contribution is 5.96. The third-order valence-corrected chi connectivity index (χ3v) is 4.39. The summed E-state index contributed by atoms with van der Waals surface area (Å²) in [6.45, 7) is 3.12. The van der Waals surface area contributed by atoms with E-state index < -0.39 is 0 Å². The van der Waals surface area contributed by atoms with Crippen molar-refractivity contribution in [1.29, 1.82) is 0 Å².